The number of fused-ring (bicyclic) bond motifs is 1. The number of amides is 1. The summed E-state index contributed by atoms with van der Waals surface area (Å²) in [6.07, 6.45) is 5.40. The van der Waals surface area contributed by atoms with E-state index in [2.05, 4.69) is 20.2 Å². The summed E-state index contributed by atoms with van der Waals surface area (Å²) in [4.78, 5) is 23.2. The third-order valence-electron chi connectivity index (χ3n) is 4.23. The van der Waals surface area contributed by atoms with Gasteiger partial charge < -0.3 is 19.7 Å². The number of ether oxygens (including phenoxy) is 2. The second-order valence-corrected chi connectivity index (χ2v) is 5.88. The van der Waals surface area contributed by atoms with Crippen LogP contribution in [0.15, 0.2) is 36.7 Å². The largest absolute Gasteiger partial charge is 0.454 e. The Morgan fingerprint density at radius 2 is 2.04 bits per heavy atom. The van der Waals surface area contributed by atoms with Crippen molar-refractivity contribution in [2.45, 2.75) is 18.9 Å². The third-order valence-corrected chi connectivity index (χ3v) is 4.23. The van der Waals surface area contributed by atoms with Gasteiger partial charge in [-0.1, -0.05) is 0 Å². The molecule has 2 aliphatic heterocycles. The van der Waals surface area contributed by atoms with Gasteiger partial charge in [-0.25, -0.2) is 9.97 Å². The van der Waals surface area contributed by atoms with Crippen molar-refractivity contribution in [2.24, 2.45) is 0 Å². The third kappa shape index (κ3) is 2.97. The number of rotatable bonds is 3. The predicted molar refractivity (Wildman–Crippen MR) is 87.3 cm³/mol. The van der Waals surface area contributed by atoms with Crippen molar-refractivity contribution in [3.05, 3.63) is 42.2 Å². The molecule has 1 aromatic heterocycles. The Hall–Kier alpha value is -2.83. The number of benzene rings is 1. The number of nitrogens with one attached hydrogen (secondary N) is 1. The lowest BCUT2D eigenvalue weighted by Crippen LogP contribution is -2.48. The summed E-state index contributed by atoms with van der Waals surface area (Å²) in [6, 6.07) is 7.11. The molecule has 7 heteroatoms. The van der Waals surface area contributed by atoms with Gasteiger partial charge in [0, 0.05) is 37.1 Å². The van der Waals surface area contributed by atoms with E-state index in [1.807, 2.05) is 0 Å². The van der Waals surface area contributed by atoms with Crippen LogP contribution < -0.4 is 19.7 Å². The van der Waals surface area contributed by atoms with E-state index in [1.54, 1.807) is 36.7 Å². The van der Waals surface area contributed by atoms with E-state index in [4.69, 9.17) is 9.47 Å². The number of hydrogen-bond acceptors (Lipinski definition) is 6. The number of piperidine rings is 1. The van der Waals surface area contributed by atoms with Crippen LogP contribution in [0, 0.1) is 0 Å². The molecular formula is C17H18N4O3. The number of nitrogens with zero attached hydrogens (tertiary/aromatic N) is 3. The monoisotopic (exact) mass is 326 g/mol. The highest BCUT2D eigenvalue weighted by atomic mass is 16.7. The lowest BCUT2D eigenvalue weighted by atomic mass is 10.1. The fourth-order valence-corrected chi connectivity index (χ4v) is 3.04. The van der Waals surface area contributed by atoms with Crippen LogP contribution in [0.2, 0.25) is 0 Å². The highest BCUT2D eigenvalue weighted by Crippen LogP contribution is 2.32. The summed E-state index contributed by atoms with van der Waals surface area (Å²) in [6.45, 7) is 1.82. The first-order chi connectivity index (χ1) is 11.8. The van der Waals surface area contributed by atoms with Crippen LogP contribution in [0.4, 0.5) is 5.95 Å². The summed E-state index contributed by atoms with van der Waals surface area (Å²) >= 11 is 0. The molecule has 1 atom stereocenters. The molecule has 0 aliphatic carbocycles. The molecule has 1 aromatic carbocycles. The van der Waals surface area contributed by atoms with Crippen LogP contribution in [0.3, 0.4) is 0 Å². The molecule has 7 nitrogen and oxygen atoms in total. The minimum Gasteiger partial charge on any atom is -0.454 e. The minimum atomic E-state index is -0.103. The van der Waals surface area contributed by atoms with Crippen molar-refractivity contribution in [3.8, 4) is 11.5 Å². The van der Waals surface area contributed by atoms with Crippen LogP contribution in [-0.4, -0.2) is 41.8 Å². The van der Waals surface area contributed by atoms with Crippen molar-refractivity contribution in [2.75, 3.05) is 24.8 Å². The average molecular weight is 326 g/mol. The van der Waals surface area contributed by atoms with Crippen molar-refractivity contribution in [1.82, 2.24) is 15.3 Å². The predicted octanol–water partition coefficient (Wildman–Crippen LogP) is 1.60. The van der Waals surface area contributed by atoms with E-state index < -0.39 is 0 Å². The Bertz CT molecular complexity index is 738. The van der Waals surface area contributed by atoms with Gasteiger partial charge in [0.1, 0.15) is 0 Å². The van der Waals surface area contributed by atoms with E-state index in [0.29, 0.717) is 29.6 Å². The number of carbonyl (C=O) groups excluding carboxylic acids is 1. The maximum Gasteiger partial charge on any atom is 0.251 e. The van der Waals surface area contributed by atoms with Crippen LogP contribution in [0.25, 0.3) is 0 Å². The van der Waals surface area contributed by atoms with Gasteiger partial charge >= 0.3 is 0 Å². The summed E-state index contributed by atoms with van der Waals surface area (Å²) in [5.74, 6) is 1.90. The fourth-order valence-electron chi connectivity index (χ4n) is 3.04. The maximum atomic E-state index is 12.5. The molecule has 1 N–H and O–H groups in total. The lowest BCUT2D eigenvalue weighted by Gasteiger charge is -2.33. The van der Waals surface area contributed by atoms with E-state index in [9.17, 15) is 4.79 Å². The van der Waals surface area contributed by atoms with E-state index in [0.717, 1.165) is 19.4 Å². The zero-order valence-corrected chi connectivity index (χ0v) is 13.1. The highest BCUT2D eigenvalue weighted by molar-refractivity contribution is 5.95. The van der Waals surface area contributed by atoms with Gasteiger partial charge in [0.15, 0.2) is 11.5 Å². The molecule has 4 rings (SSSR count). The van der Waals surface area contributed by atoms with E-state index >= 15 is 0 Å². The molecule has 2 aliphatic rings. The summed E-state index contributed by atoms with van der Waals surface area (Å²) < 4.78 is 10.6. The number of carbonyl (C=O) groups is 1. The Labute approximate surface area is 139 Å². The topological polar surface area (TPSA) is 76.6 Å². The van der Waals surface area contributed by atoms with Crippen molar-refractivity contribution in [1.29, 1.82) is 0 Å². The van der Waals surface area contributed by atoms with Gasteiger partial charge in [-0.15, -0.1) is 0 Å². The van der Waals surface area contributed by atoms with Gasteiger partial charge in [0.05, 0.1) is 0 Å². The first-order valence-corrected chi connectivity index (χ1v) is 8.02. The Kier molecular flexibility index (Phi) is 3.90. The minimum absolute atomic E-state index is 0.0699. The standard InChI is InChI=1S/C17H18N4O3/c22-16(12-4-5-14-15(9-12)24-11-23-14)20-13-3-1-8-21(10-13)17-18-6-2-7-19-17/h2,4-7,9,13H,1,3,8,10-11H2,(H,20,22)/t13-/m0/s1. The Balaban J connectivity index is 1.42. The summed E-state index contributed by atoms with van der Waals surface area (Å²) in [7, 11) is 0. The zero-order valence-electron chi connectivity index (χ0n) is 13.1. The Morgan fingerprint density at radius 1 is 1.21 bits per heavy atom. The molecule has 24 heavy (non-hydrogen) atoms. The molecule has 3 heterocycles. The molecule has 1 fully saturated rings. The Morgan fingerprint density at radius 3 is 2.92 bits per heavy atom. The van der Waals surface area contributed by atoms with Crippen molar-refractivity contribution in [3.63, 3.8) is 0 Å². The molecule has 0 unspecified atom stereocenters. The molecule has 2 aromatic rings. The van der Waals surface area contributed by atoms with Crippen molar-refractivity contribution < 1.29 is 14.3 Å². The van der Waals surface area contributed by atoms with Crippen molar-refractivity contribution >= 4 is 11.9 Å². The van der Waals surface area contributed by atoms with Crippen LogP contribution in [-0.2, 0) is 0 Å². The average Bonchev–Trinajstić information content (AvgIpc) is 3.10. The molecule has 124 valence electrons. The molecule has 0 spiro atoms. The number of anilines is 1. The van der Waals surface area contributed by atoms with Gasteiger partial charge in [0.2, 0.25) is 12.7 Å². The number of aromatic nitrogens is 2. The smallest absolute Gasteiger partial charge is 0.251 e. The second-order valence-electron chi connectivity index (χ2n) is 5.88. The van der Waals surface area contributed by atoms with Gasteiger partial charge in [-0.2, -0.15) is 0 Å². The molecular weight excluding hydrogens is 308 g/mol. The SMILES string of the molecule is O=C(N[C@H]1CCCN(c2ncccn2)C1)c1ccc2c(c1)OCO2. The first-order valence-electron chi connectivity index (χ1n) is 8.02. The van der Waals surface area contributed by atoms with Gasteiger partial charge in [0.25, 0.3) is 5.91 Å². The molecule has 1 amide bonds. The quantitative estimate of drug-likeness (QED) is 0.923. The van der Waals surface area contributed by atoms with Gasteiger partial charge in [-0.3, -0.25) is 4.79 Å². The molecule has 0 bridgehead atoms. The highest BCUT2D eigenvalue weighted by Gasteiger charge is 2.24. The second kappa shape index (κ2) is 6.35. The zero-order chi connectivity index (χ0) is 16.4. The van der Waals surface area contributed by atoms with Gasteiger partial charge in [-0.05, 0) is 37.1 Å². The van der Waals surface area contributed by atoms with Crippen LogP contribution >= 0.6 is 0 Å². The molecule has 0 saturated carbocycles. The number of hydrogen-bond donors (Lipinski definition) is 1. The summed E-state index contributed by atoms with van der Waals surface area (Å²) in [5.41, 5.74) is 0.576. The summed E-state index contributed by atoms with van der Waals surface area (Å²) in [5, 5.41) is 3.09. The van der Waals surface area contributed by atoms with Crippen LogP contribution in [0.5, 0.6) is 11.5 Å². The molecule has 1 saturated heterocycles. The van der Waals surface area contributed by atoms with E-state index in [1.165, 1.54) is 0 Å². The normalized spacial score (nSPS) is 19.2. The van der Waals surface area contributed by atoms with Crippen LogP contribution in [0.1, 0.15) is 23.2 Å². The first kappa shape index (κ1) is 14.7. The van der Waals surface area contributed by atoms with E-state index in [-0.39, 0.29) is 18.7 Å². The fraction of sp³-hybridized carbons (Fsp3) is 0.353. The maximum absolute atomic E-state index is 12.5. The molecule has 0 radical (unpaired) electrons. The lowest BCUT2D eigenvalue weighted by molar-refractivity contribution is 0.0932.